The van der Waals surface area contributed by atoms with E-state index in [1.165, 1.54) is 22.7 Å². The van der Waals surface area contributed by atoms with Crippen molar-refractivity contribution in [3.8, 4) is 22.4 Å². The molecule has 118 valence electrons. The van der Waals surface area contributed by atoms with Crippen LogP contribution in [0.5, 0.6) is 0 Å². The van der Waals surface area contributed by atoms with Crippen molar-refractivity contribution in [2.45, 2.75) is 0 Å². The highest BCUT2D eigenvalue weighted by Gasteiger charge is 2.08. The average Bonchev–Trinajstić information content (AvgIpc) is 2.62. The molecule has 1 heterocycles. The first-order valence-corrected chi connectivity index (χ1v) is 7.47. The summed E-state index contributed by atoms with van der Waals surface area (Å²) in [7, 11) is 0. The topological polar surface area (TPSA) is 51.8 Å². The van der Waals surface area contributed by atoms with Crippen molar-refractivity contribution in [1.29, 1.82) is 0 Å². The molecular formula is C20H16ClN3. The van der Waals surface area contributed by atoms with Crippen LogP contribution in [0.15, 0.2) is 79.3 Å². The summed E-state index contributed by atoms with van der Waals surface area (Å²) in [6.45, 7) is 0. The first kappa shape index (κ1) is 16.0. The summed E-state index contributed by atoms with van der Waals surface area (Å²) in [6, 6.07) is 22.7. The van der Waals surface area contributed by atoms with E-state index in [9.17, 15) is 0 Å². The third kappa shape index (κ3) is 2.82. The molecule has 4 heteroatoms. The van der Waals surface area contributed by atoms with Gasteiger partial charge in [0.05, 0.1) is 5.69 Å². The summed E-state index contributed by atoms with van der Waals surface area (Å²) in [6.07, 6.45) is 3.26. The number of hydrogen-bond donors (Lipinski definition) is 1. The molecule has 2 N–H and O–H groups in total. The Bertz CT molecular complexity index is 979. The van der Waals surface area contributed by atoms with E-state index >= 15 is 0 Å². The number of hydrogen-bond acceptors (Lipinski definition) is 3. The van der Waals surface area contributed by atoms with Crippen molar-refractivity contribution in [3.63, 3.8) is 0 Å². The number of fused-ring (bicyclic) bond motifs is 1. The standard InChI is InChI=1S/C20H15N3.ClH/c21-19-12-15(8-9-18(19)20-10-11-22-13-23-20)17-7-3-5-14-4-1-2-6-16(14)17;/h1-13H,21H2;1H. The second-order valence-corrected chi connectivity index (χ2v) is 5.42. The number of aromatic nitrogens is 2. The fourth-order valence-corrected chi connectivity index (χ4v) is 2.89. The van der Waals surface area contributed by atoms with Gasteiger partial charge in [-0.05, 0) is 34.0 Å². The van der Waals surface area contributed by atoms with Gasteiger partial charge in [-0.15, -0.1) is 12.4 Å². The second kappa shape index (κ2) is 6.69. The van der Waals surface area contributed by atoms with Crippen LogP contribution in [0.4, 0.5) is 5.69 Å². The molecule has 0 aliphatic heterocycles. The predicted octanol–water partition coefficient (Wildman–Crippen LogP) is 4.97. The monoisotopic (exact) mass is 333 g/mol. The summed E-state index contributed by atoms with van der Waals surface area (Å²) in [5.74, 6) is 0. The summed E-state index contributed by atoms with van der Waals surface area (Å²) < 4.78 is 0. The Hall–Kier alpha value is -2.91. The van der Waals surface area contributed by atoms with Crippen molar-refractivity contribution in [3.05, 3.63) is 79.3 Å². The van der Waals surface area contributed by atoms with Gasteiger partial charge in [-0.25, -0.2) is 9.97 Å². The van der Waals surface area contributed by atoms with Crippen LogP contribution >= 0.6 is 12.4 Å². The number of benzene rings is 3. The molecule has 0 aliphatic carbocycles. The minimum Gasteiger partial charge on any atom is -0.398 e. The highest BCUT2D eigenvalue weighted by molar-refractivity contribution is 5.97. The Balaban J connectivity index is 0.00000169. The molecule has 0 bridgehead atoms. The zero-order valence-electron chi connectivity index (χ0n) is 12.9. The number of rotatable bonds is 2. The van der Waals surface area contributed by atoms with Gasteiger partial charge in [0.15, 0.2) is 0 Å². The van der Waals surface area contributed by atoms with Gasteiger partial charge in [0.1, 0.15) is 6.33 Å². The first-order chi connectivity index (χ1) is 11.3. The molecule has 3 nitrogen and oxygen atoms in total. The molecule has 24 heavy (non-hydrogen) atoms. The van der Waals surface area contributed by atoms with Crippen LogP contribution in [-0.2, 0) is 0 Å². The van der Waals surface area contributed by atoms with Crippen molar-refractivity contribution in [2.24, 2.45) is 0 Å². The minimum absolute atomic E-state index is 0. The summed E-state index contributed by atoms with van der Waals surface area (Å²) in [4.78, 5) is 8.22. The largest absolute Gasteiger partial charge is 0.398 e. The van der Waals surface area contributed by atoms with Crippen LogP contribution in [0.25, 0.3) is 33.2 Å². The number of nitrogen functional groups attached to an aromatic ring is 1. The lowest BCUT2D eigenvalue weighted by Crippen LogP contribution is -1.93. The summed E-state index contributed by atoms with van der Waals surface area (Å²) in [5, 5.41) is 2.45. The van der Waals surface area contributed by atoms with Crippen LogP contribution in [0.1, 0.15) is 0 Å². The maximum atomic E-state index is 6.27. The quantitative estimate of drug-likeness (QED) is 0.527. The SMILES string of the molecule is Cl.Nc1cc(-c2cccc3ccccc23)ccc1-c1ccncn1. The summed E-state index contributed by atoms with van der Waals surface area (Å²) in [5.41, 5.74) is 11.0. The molecule has 0 amide bonds. The van der Waals surface area contributed by atoms with Crippen molar-refractivity contribution < 1.29 is 0 Å². The molecule has 0 aliphatic rings. The lowest BCUT2D eigenvalue weighted by Gasteiger charge is -2.10. The lowest BCUT2D eigenvalue weighted by molar-refractivity contribution is 1.17. The normalized spacial score (nSPS) is 10.3. The van der Waals surface area contributed by atoms with Crippen molar-refractivity contribution >= 4 is 28.9 Å². The molecule has 0 saturated carbocycles. The van der Waals surface area contributed by atoms with Gasteiger partial charge in [0.2, 0.25) is 0 Å². The van der Waals surface area contributed by atoms with E-state index in [1.807, 2.05) is 18.2 Å². The van der Waals surface area contributed by atoms with Crippen LogP contribution in [0.3, 0.4) is 0 Å². The molecule has 0 fully saturated rings. The fraction of sp³-hybridized carbons (Fsp3) is 0. The smallest absolute Gasteiger partial charge is 0.116 e. The van der Waals surface area contributed by atoms with Gasteiger partial charge in [0, 0.05) is 17.4 Å². The van der Waals surface area contributed by atoms with Gasteiger partial charge in [-0.2, -0.15) is 0 Å². The molecule has 1 aromatic heterocycles. The van der Waals surface area contributed by atoms with E-state index in [-0.39, 0.29) is 12.4 Å². The third-order valence-corrected chi connectivity index (χ3v) is 4.01. The zero-order chi connectivity index (χ0) is 15.6. The zero-order valence-corrected chi connectivity index (χ0v) is 13.7. The maximum absolute atomic E-state index is 6.27. The van der Waals surface area contributed by atoms with E-state index < -0.39 is 0 Å². The molecule has 0 atom stereocenters. The van der Waals surface area contributed by atoms with Crippen molar-refractivity contribution in [2.75, 3.05) is 5.73 Å². The first-order valence-electron chi connectivity index (χ1n) is 7.47. The highest BCUT2D eigenvalue weighted by Crippen LogP contribution is 2.33. The molecule has 0 saturated heterocycles. The van der Waals surface area contributed by atoms with Gasteiger partial charge in [-0.1, -0.05) is 54.6 Å². The maximum Gasteiger partial charge on any atom is 0.116 e. The van der Waals surface area contributed by atoms with E-state index in [4.69, 9.17) is 5.73 Å². The Kier molecular flexibility index (Phi) is 4.45. The number of nitrogens with two attached hydrogens (primary N) is 1. The molecule has 0 radical (unpaired) electrons. The van der Waals surface area contributed by atoms with E-state index in [2.05, 4.69) is 58.5 Å². The minimum atomic E-state index is 0. The Morgan fingerprint density at radius 1 is 0.792 bits per heavy atom. The molecule has 4 rings (SSSR count). The number of nitrogens with zero attached hydrogens (tertiary/aromatic N) is 2. The van der Waals surface area contributed by atoms with Crippen LogP contribution < -0.4 is 5.73 Å². The molecular weight excluding hydrogens is 318 g/mol. The molecule has 4 aromatic rings. The van der Waals surface area contributed by atoms with E-state index in [0.717, 1.165) is 16.8 Å². The average molecular weight is 334 g/mol. The van der Waals surface area contributed by atoms with Gasteiger partial charge in [-0.3, -0.25) is 0 Å². The predicted molar refractivity (Wildman–Crippen MR) is 102 cm³/mol. The van der Waals surface area contributed by atoms with E-state index in [1.54, 1.807) is 6.20 Å². The van der Waals surface area contributed by atoms with Crippen LogP contribution in [0, 0.1) is 0 Å². The van der Waals surface area contributed by atoms with Gasteiger partial charge >= 0.3 is 0 Å². The summed E-state index contributed by atoms with van der Waals surface area (Å²) >= 11 is 0. The molecule has 0 unspecified atom stereocenters. The van der Waals surface area contributed by atoms with Gasteiger partial charge < -0.3 is 5.73 Å². The molecule has 0 spiro atoms. The van der Waals surface area contributed by atoms with Crippen molar-refractivity contribution in [1.82, 2.24) is 9.97 Å². The highest BCUT2D eigenvalue weighted by atomic mass is 35.5. The third-order valence-electron chi connectivity index (χ3n) is 4.01. The van der Waals surface area contributed by atoms with E-state index in [0.29, 0.717) is 5.69 Å². The second-order valence-electron chi connectivity index (χ2n) is 5.42. The van der Waals surface area contributed by atoms with Crippen LogP contribution in [-0.4, -0.2) is 9.97 Å². The number of halogens is 1. The van der Waals surface area contributed by atoms with Crippen LogP contribution in [0.2, 0.25) is 0 Å². The Morgan fingerprint density at radius 3 is 2.42 bits per heavy atom. The fourth-order valence-electron chi connectivity index (χ4n) is 2.89. The lowest BCUT2D eigenvalue weighted by atomic mass is 9.96. The molecule has 3 aromatic carbocycles. The number of anilines is 1. The Morgan fingerprint density at radius 2 is 1.62 bits per heavy atom. The van der Waals surface area contributed by atoms with Gasteiger partial charge in [0.25, 0.3) is 0 Å². The Labute approximate surface area is 146 Å².